The Morgan fingerprint density at radius 3 is 3.22 bits per heavy atom. The van der Waals surface area contributed by atoms with Crippen molar-refractivity contribution in [2.45, 2.75) is 19.1 Å². The Bertz CT molecular complexity index is 530. The van der Waals surface area contributed by atoms with Gasteiger partial charge in [-0.25, -0.2) is 4.39 Å². The number of rotatable bonds is 4. The van der Waals surface area contributed by atoms with Crippen LogP contribution in [-0.4, -0.2) is 22.8 Å². The summed E-state index contributed by atoms with van der Waals surface area (Å²) >= 11 is 0. The third-order valence-corrected chi connectivity index (χ3v) is 2.83. The maximum absolute atomic E-state index is 13.0. The molecule has 0 amide bonds. The number of benzene rings is 1. The molecule has 6 heteroatoms. The first-order chi connectivity index (χ1) is 8.81. The molecule has 1 aliphatic heterocycles. The summed E-state index contributed by atoms with van der Waals surface area (Å²) in [4.78, 5) is 3.90. The third kappa shape index (κ3) is 2.33. The monoisotopic (exact) mass is 249 g/mol. The zero-order valence-corrected chi connectivity index (χ0v) is 9.60. The van der Waals surface area contributed by atoms with Crippen molar-refractivity contribution in [3.8, 4) is 5.75 Å². The van der Waals surface area contributed by atoms with E-state index < -0.39 is 0 Å². The minimum atomic E-state index is -0.224. The SMILES string of the molecule is Fc1ccc2c(c1)CC(CNCc1ncon1)O2. The van der Waals surface area contributed by atoms with Crippen molar-refractivity contribution in [3.63, 3.8) is 0 Å². The molecule has 0 fully saturated rings. The van der Waals surface area contributed by atoms with Gasteiger partial charge < -0.3 is 14.6 Å². The Balaban J connectivity index is 1.52. The van der Waals surface area contributed by atoms with Crippen LogP contribution in [0.2, 0.25) is 0 Å². The number of aromatic nitrogens is 2. The molecule has 18 heavy (non-hydrogen) atoms. The molecule has 0 bridgehead atoms. The predicted molar refractivity (Wildman–Crippen MR) is 60.5 cm³/mol. The van der Waals surface area contributed by atoms with Crippen LogP contribution in [0, 0.1) is 5.82 Å². The first-order valence-electron chi connectivity index (χ1n) is 5.72. The summed E-state index contributed by atoms with van der Waals surface area (Å²) in [7, 11) is 0. The van der Waals surface area contributed by atoms with Crippen LogP contribution in [0.15, 0.2) is 29.1 Å². The first-order valence-corrected chi connectivity index (χ1v) is 5.72. The molecule has 2 aromatic rings. The molecule has 1 aromatic carbocycles. The van der Waals surface area contributed by atoms with E-state index in [-0.39, 0.29) is 11.9 Å². The van der Waals surface area contributed by atoms with Crippen molar-refractivity contribution in [2.75, 3.05) is 6.54 Å². The smallest absolute Gasteiger partial charge is 0.213 e. The molecule has 1 N–H and O–H groups in total. The van der Waals surface area contributed by atoms with E-state index in [1.54, 1.807) is 6.07 Å². The highest BCUT2D eigenvalue weighted by Crippen LogP contribution is 2.28. The molecule has 1 aliphatic rings. The minimum absolute atomic E-state index is 0.0219. The molecule has 1 atom stereocenters. The van der Waals surface area contributed by atoms with Crippen LogP contribution in [0.25, 0.3) is 0 Å². The molecule has 2 heterocycles. The maximum atomic E-state index is 13.0. The summed E-state index contributed by atoms with van der Waals surface area (Å²) in [6.45, 7) is 1.19. The second-order valence-electron chi connectivity index (χ2n) is 4.17. The van der Waals surface area contributed by atoms with Crippen molar-refractivity contribution in [2.24, 2.45) is 0 Å². The molecule has 0 spiro atoms. The summed E-state index contributed by atoms with van der Waals surface area (Å²) in [5.41, 5.74) is 0.918. The average Bonchev–Trinajstić information content (AvgIpc) is 2.97. The fourth-order valence-electron chi connectivity index (χ4n) is 2.02. The van der Waals surface area contributed by atoms with Gasteiger partial charge in [-0.3, -0.25) is 0 Å². The molecule has 3 rings (SSSR count). The van der Waals surface area contributed by atoms with E-state index in [0.29, 0.717) is 25.3 Å². The van der Waals surface area contributed by atoms with Gasteiger partial charge in [0.1, 0.15) is 17.7 Å². The highest BCUT2D eigenvalue weighted by Gasteiger charge is 2.22. The summed E-state index contributed by atoms with van der Waals surface area (Å²) in [6.07, 6.45) is 2.03. The summed E-state index contributed by atoms with van der Waals surface area (Å²) < 4.78 is 23.3. The van der Waals surface area contributed by atoms with Gasteiger partial charge in [-0.05, 0) is 18.2 Å². The van der Waals surface area contributed by atoms with Crippen LogP contribution in [0.5, 0.6) is 5.75 Å². The van der Waals surface area contributed by atoms with Crippen LogP contribution in [-0.2, 0) is 13.0 Å². The second kappa shape index (κ2) is 4.73. The van der Waals surface area contributed by atoms with Gasteiger partial charge in [0.05, 0.1) is 6.54 Å². The van der Waals surface area contributed by atoms with Gasteiger partial charge in [-0.1, -0.05) is 5.16 Å². The van der Waals surface area contributed by atoms with Gasteiger partial charge in [0.25, 0.3) is 0 Å². The predicted octanol–water partition coefficient (Wildman–Crippen LogP) is 1.30. The van der Waals surface area contributed by atoms with Gasteiger partial charge in [-0.2, -0.15) is 4.98 Å². The topological polar surface area (TPSA) is 60.2 Å². The van der Waals surface area contributed by atoms with E-state index in [2.05, 4.69) is 20.0 Å². The van der Waals surface area contributed by atoms with Crippen LogP contribution < -0.4 is 10.1 Å². The van der Waals surface area contributed by atoms with Crippen molar-refractivity contribution in [1.29, 1.82) is 0 Å². The quantitative estimate of drug-likeness (QED) is 0.885. The van der Waals surface area contributed by atoms with Crippen LogP contribution >= 0.6 is 0 Å². The summed E-state index contributed by atoms with van der Waals surface area (Å²) in [5.74, 6) is 1.15. The van der Waals surface area contributed by atoms with E-state index in [9.17, 15) is 4.39 Å². The molecule has 0 aliphatic carbocycles. The van der Waals surface area contributed by atoms with Crippen molar-refractivity contribution in [3.05, 3.63) is 41.8 Å². The van der Waals surface area contributed by atoms with E-state index in [0.717, 1.165) is 11.3 Å². The molecule has 94 valence electrons. The lowest BCUT2D eigenvalue weighted by Gasteiger charge is -2.10. The van der Waals surface area contributed by atoms with Crippen molar-refractivity contribution < 1.29 is 13.7 Å². The zero-order chi connectivity index (χ0) is 12.4. The number of fused-ring (bicyclic) bond motifs is 1. The lowest BCUT2D eigenvalue weighted by atomic mass is 10.1. The number of hydrogen-bond donors (Lipinski definition) is 1. The second-order valence-corrected chi connectivity index (χ2v) is 4.17. The van der Waals surface area contributed by atoms with Crippen LogP contribution in [0.4, 0.5) is 4.39 Å². The molecule has 1 aromatic heterocycles. The van der Waals surface area contributed by atoms with Gasteiger partial charge in [-0.15, -0.1) is 0 Å². The highest BCUT2D eigenvalue weighted by molar-refractivity contribution is 5.37. The maximum Gasteiger partial charge on any atom is 0.213 e. The van der Waals surface area contributed by atoms with Crippen molar-refractivity contribution in [1.82, 2.24) is 15.5 Å². The Hall–Kier alpha value is -1.95. The lowest BCUT2D eigenvalue weighted by Crippen LogP contribution is -2.30. The van der Waals surface area contributed by atoms with Crippen LogP contribution in [0.3, 0.4) is 0 Å². The average molecular weight is 249 g/mol. The molecular formula is C12H12FN3O2. The van der Waals surface area contributed by atoms with Gasteiger partial charge in [0.2, 0.25) is 6.39 Å². The van der Waals surface area contributed by atoms with Gasteiger partial charge in [0.15, 0.2) is 5.82 Å². The van der Waals surface area contributed by atoms with Gasteiger partial charge >= 0.3 is 0 Å². The third-order valence-electron chi connectivity index (χ3n) is 2.83. The fourth-order valence-corrected chi connectivity index (χ4v) is 2.02. The highest BCUT2D eigenvalue weighted by atomic mass is 19.1. The van der Waals surface area contributed by atoms with E-state index in [1.165, 1.54) is 18.5 Å². The molecule has 5 nitrogen and oxygen atoms in total. The lowest BCUT2D eigenvalue weighted by molar-refractivity contribution is 0.226. The number of ether oxygens (including phenoxy) is 1. The fraction of sp³-hybridized carbons (Fsp3) is 0.333. The summed E-state index contributed by atoms with van der Waals surface area (Å²) in [6, 6.07) is 4.60. The largest absolute Gasteiger partial charge is 0.488 e. The van der Waals surface area contributed by atoms with E-state index >= 15 is 0 Å². The normalized spacial score (nSPS) is 17.5. The van der Waals surface area contributed by atoms with Gasteiger partial charge in [0, 0.05) is 18.5 Å². The standard InChI is InChI=1S/C12H12FN3O2/c13-9-1-2-11-8(3-9)4-10(18-11)5-14-6-12-15-7-17-16-12/h1-3,7,10,14H,4-6H2. The summed E-state index contributed by atoms with van der Waals surface area (Å²) in [5, 5.41) is 6.87. The Labute approximate surface area is 103 Å². The van der Waals surface area contributed by atoms with Crippen LogP contribution in [0.1, 0.15) is 11.4 Å². The number of nitrogens with zero attached hydrogens (tertiary/aromatic N) is 2. The van der Waals surface area contributed by atoms with E-state index in [4.69, 9.17) is 4.74 Å². The van der Waals surface area contributed by atoms with Crippen molar-refractivity contribution >= 4 is 0 Å². The molecule has 0 saturated heterocycles. The number of nitrogens with one attached hydrogen (secondary N) is 1. The Morgan fingerprint density at radius 2 is 2.39 bits per heavy atom. The zero-order valence-electron chi connectivity index (χ0n) is 9.60. The molecule has 1 unspecified atom stereocenters. The Morgan fingerprint density at radius 1 is 1.44 bits per heavy atom. The first kappa shape index (κ1) is 11.2. The Kier molecular flexibility index (Phi) is 2.93. The molecular weight excluding hydrogens is 237 g/mol. The van der Waals surface area contributed by atoms with E-state index in [1.807, 2.05) is 0 Å². The molecule has 0 radical (unpaired) electrons. The molecule has 0 saturated carbocycles. The minimum Gasteiger partial charge on any atom is -0.488 e. The number of hydrogen-bond acceptors (Lipinski definition) is 5. The number of halogens is 1.